The van der Waals surface area contributed by atoms with Crippen LogP contribution in [0.5, 0.6) is 0 Å². The number of thiol groups is 1. The van der Waals surface area contributed by atoms with Crippen molar-refractivity contribution in [2.45, 2.75) is 38.5 Å². The molecule has 1 heterocycles. The summed E-state index contributed by atoms with van der Waals surface area (Å²) < 4.78 is 25.0. The minimum atomic E-state index is -3.15. The summed E-state index contributed by atoms with van der Waals surface area (Å²) in [4.78, 5) is 64.2. The van der Waals surface area contributed by atoms with Crippen molar-refractivity contribution in [2.24, 2.45) is 4.36 Å². The zero-order valence-corrected chi connectivity index (χ0v) is 27.5. The highest BCUT2D eigenvalue weighted by Crippen LogP contribution is 2.18. The maximum absolute atomic E-state index is 13.2. The van der Waals surface area contributed by atoms with Crippen molar-refractivity contribution in [1.29, 1.82) is 0 Å². The van der Waals surface area contributed by atoms with Gasteiger partial charge in [0.05, 0.1) is 30.9 Å². The fraction of sp³-hybridized carbons (Fsp3) is 0.294. The Morgan fingerprint density at radius 3 is 2.10 bits per heavy atom. The van der Waals surface area contributed by atoms with Gasteiger partial charge in [-0.05, 0) is 68.1 Å². The van der Waals surface area contributed by atoms with E-state index in [0.717, 1.165) is 0 Å². The number of esters is 2. The highest BCUT2D eigenvalue weighted by Gasteiger charge is 2.16. The van der Waals surface area contributed by atoms with Crippen molar-refractivity contribution in [3.8, 4) is 11.8 Å². The van der Waals surface area contributed by atoms with Gasteiger partial charge in [-0.1, -0.05) is 24.0 Å². The van der Waals surface area contributed by atoms with E-state index in [1.165, 1.54) is 50.7 Å². The number of carbonyl (C=O) groups is 5. The van der Waals surface area contributed by atoms with Gasteiger partial charge in [0.2, 0.25) is 0 Å². The van der Waals surface area contributed by atoms with Crippen LogP contribution in [0.15, 0.2) is 65.2 Å². The number of nitrogens with two attached hydrogens (primary N) is 1. The summed E-state index contributed by atoms with van der Waals surface area (Å²) >= 11 is 0. The monoisotopic (exact) mass is 678 g/mol. The molecule has 14 heteroatoms. The predicted octanol–water partition coefficient (Wildman–Crippen LogP) is 4.38. The van der Waals surface area contributed by atoms with Gasteiger partial charge in [0, 0.05) is 47.4 Å². The maximum atomic E-state index is 13.2. The predicted molar refractivity (Wildman–Crippen MR) is 182 cm³/mol. The Balaban J connectivity index is 1.78. The molecule has 5 N–H and O–H groups in total. The van der Waals surface area contributed by atoms with Gasteiger partial charge in [-0.2, -0.15) is 4.36 Å². The lowest BCUT2D eigenvalue weighted by Crippen LogP contribution is -2.22. The molecular weight excluding hydrogens is 640 g/mol. The molecule has 3 rings (SSSR count). The third kappa shape index (κ3) is 11.8. The number of amides is 2. The second kappa shape index (κ2) is 18.1. The van der Waals surface area contributed by atoms with E-state index in [-0.39, 0.29) is 64.4 Å². The van der Waals surface area contributed by atoms with Crippen LogP contribution in [-0.2, 0) is 29.2 Å². The van der Waals surface area contributed by atoms with Crippen molar-refractivity contribution >= 4 is 51.3 Å². The van der Waals surface area contributed by atoms with Crippen molar-refractivity contribution in [3.63, 3.8) is 0 Å². The third-order valence-corrected chi connectivity index (χ3v) is 9.64. The van der Waals surface area contributed by atoms with E-state index >= 15 is 0 Å². The van der Waals surface area contributed by atoms with Crippen molar-refractivity contribution in [3.05, 3.63) is 88.6 Å². The number of benzene rings is 2. The zero-order chi connectivity index (χ0) is 35.1. The number of aromatic carboxylic acids is 1. The van der Waals surface area contributed by atoms with Crippen LogP contribution in [0.2, 0.25) is 0 Å². The van der Waals surface area contributed by atoms with E-state index in [1.54, 1.807) is 24.3 Å². The van der Waals surface area contributed by atoms with Crippen LogP contribution in [0, 0.1) is 11.8 Å². The molecule has 48 heavy (non-hydrogen) atoms. The van der Waals surface area contributed by atoms with Gasteiger partial charge in [0.15, 0.2) is 0 Å². The Hall–Kier alpha value is -5.39. The molecule has 0 fully saturated rings. The lowest BCUT2D eigenvalue weighted by atomic mass is 10.1. The number of methoxy groups -OCH3 is 2. The van der Waals surface area contributed by atoms with Crippen LogP contribution in [-0.4, -0.2) is 70.1 Å². The van der Waals surface area contributed by atoms with Gasteiger partial charge in [-0.15, -0.1) is 10.1 Å². The molecule has 0 atom stereocenters. The minimum absolute atomic E-state index is 0.0141. The fourth-order valence-electron chi connectivity index (χ4n) is 4.41. The van der Waals surface area contributed by atoms with E-state index in [4.69, 9.17) is 5.73 Å². The van der Waals surface area contributed by atoms with E-state index in [9.17, 15) is 33.6 Å². The van der Waals surface area contributed by atoms with E-state index in [2.05, 4.69) is 36.0 Å². The summed E-state index contributed by atoms with van der Waals surface area (Å²) in [6.07, 6.45) is 3.38. The number of unbranched alkanes of at least 4 members (excludes halogenated alkanes) is 2. The summed E-state index contributed by atoms with van der Waals surface area (Å²) in [6.45, 7) is 0. The van der Waals surface area contributed by atoms with Gasteiger partial charge in [-0.3, -0.25) is 19.2 Å². The number of pyridine rings is 1. The number of nitrogen functional groups attached to an aromatic ring is 1. The average Bonchev–Trinajstić information content (AvgIpc) is 3.08. The highest BCUT2D eigenvalue weighted by atomic mass is 32.3. The Labute approximate surface area is 279 Å². The van der Waals surface area contributed by atoms with E-state index in [1.807, 2.05) is 0 Å². The molecule has 0 aliphatic heterocycles. The summed E-state index contributed by atoms with van der Waals surface area (Å²) in [5, 5.41) is 11.9. The van der Waals surface area contributed by atoms with E-state index < -0.39 is 27.9 Å². The van der Waals surface area contributed by atoms with Crippen LogP contribution >= 0.6 is 0 Å². The van der Waals surface area contributed by atoms with Crippen LogP contribution in [0.4, 0.5) is 11.5 Å². The Morgan fingerprint density at radius 1 is 0.854 bits per heavy atom. The quantitative estimate of drug-likeness (QED) is 0.0699. The van der Waals surface area contributed by atoms with Gasteiger partial charge >= 0.3 is 17.9 Å². The Kier molecular flexibility index (Phi) is 14.0. The summed E-state index contributed by atoms with van der Waals surface area (Å²) in [6, 6.07) is 13.7. The smallest absolute Gasteiger partial charge is 0.335 e. The molecule has 0 aliphatic carbocycles. The number of carboxylic acid groups (broad SMARTS) is 1. The van der Waals surface area contributed by atoms with Crippen molar-refractivity contribution in [1.82, 2.24) is 4.98 Å². The van der Waals surface area contributed by atoms with Gasteiger partial charge in [0.1, 0.15) is 5.82 Å². The molecule has 0 saturated carbocycles. The van der Waals surface area contributed by atoms with Crippen LogP contribution in [0.1, 0.15) is 80.7 Å². The molecule has 0 aliphatic rings. The number of aromatic nitrogens is 1. The molecule has 0 spiro atoms. The van der Waals surface area contributed by atoms with Crippen LogP contribution in [0.25, 0.3) is 0 Å². The number of nitrogens with one attached hydrogen (secondary N) is 1. The van der Waals surface area contributed by atoms with Crippen molar-refractivity contribution < 1.29 is 43.1 Å². The lowest BCUT2D eigenvalue weighted by molar-refractivity contribution is -0.141. The first-order chi connectivity index (χ1) is 22.9. The Morgan fingerprint density at radius 2 is 1.48 bits per heavy atom. The molecule has 1 aromatic heterocycles. The number of ether oxygens (including phenoxy) is 2. The van der Waals surface area contributed by atoms with Crippen LogP contribution in [0.3, 0.4) is 0 Å². The molecular formula is C34H38N4O9S. The third-order valence-electron chi connectivity index (χ3n) is 7.03. The van der Waals surface area contributed by atoms with E-state index in [0.29, 0.717) is 36.9 Å². The second-order valence-corrected chi connectivity index (χ2v) is 13.5. The maximum Gasteiger partial charge on any atom is 0.335 e. The average molecular weight is 679 g/mol. The molecule has 0 bridgehead atoms. The molecule has 3 aromatic rings. The number of nitrogens with zero attached hydrogens (tertiary/aromatic N) is 2. The number of anilines is 2. The number of rotatable bonds is 14. The topological polar surface area (TPSA) is 208 Å². The first kappa shape index (κ1) is 37.1. The standard InChI is InChI=1S/C34H38N4O9S/c1-46-29(39)13-3-5-17-48(45,18-6-4-14-30(40)47-2)38-33(42)27-20-24(31(35)36-22-27)16-15-23-9-7-12-28(19-23)37-32(41)25-10-8-11-26(21-25)34(43)44/h7-12,19-22,48H,3-6,13-14,17-18H2,1-2H3,(H2,35,36)(H,37,41)(H,43,44)(H,38,42,45). The summed E-state index contributed by atoms with van der Waals surface area (Å²) in [5.41, 5.74) is 7.44. The SMILES string of the molecule is COC(=O)CCCC[SH](O)(CCCCC(=O)OC)=NC(=O)c1cnc(N)c(C#Cc2cccc(NC(=O)c3cccc(C(=O)O)c3)c2)c1. The molecule has 2 aromatic carbocycles. The molecule has 254 valence electrons. The Bertz CT molecular complexity index is 1770. The zero-order valence-electron chi connectivity index (χ0n) is 26.6. The fourth-order valence-corrected chi connectivity index (χ4v) is 6.75. The van der Waals surface area contributed by atoms with Gasteiger partial charge in [-0.25, -0.2) is 9.78 Å². The van der Waals surface area contributed by atoms with Gasteiger partial charge < -0.3 is 30.2 Å². The second-order valence-electron chi connectivity index (χ2n) is 10.6. The molecule has 2 amide bonds. The van der Waals surface area contributed by atoms with Crippen LogP contribution < -0.4 is 11.1 Å². The minimum Gasteiger partial charge on any atom is -0.478 e. The normalized spacial score (nSPS) is 11.0. The lowest BCUT2D eigenvalue weighted by Gasteiger charge is -2.23. The number of carboxylic acids is 1. The highest BCUT2D eigenvalue weighted by molar-refractivity contribution is 8.00. The summed E-state index contributed by atoms with van der Waals surface area (Å²) in [5.74, 6) is 3.22. The first-order valence-corrected chi connectivity index (χ1v) is 17.0. The largest absolute Gasteiger partial charge is 0.478 e. The van der Waals surface area contributed by atoms with Crippen molar-refractivity contribution in [2.75, 3.05) is 36.8 Å². The van der Waals surface area contributed by atoms with Gasteiger partial charge in [0.25, 0.3) is 11.8 Å². The molecule has 0 unspecified atom stereocenters. The first-order valence-electron chi connectivity index (χ1n) is 15.0. The molecule has 13 nitrogen and oxygen atoms in total. The molecule has 0 radical (unpaired) electrons. The number of hydrogen-bond donors (Lipinski definition) is 5. The molecule has 0 saturated heterocycles. The number of hydrogen-bond acceptors (Lipinski definition) is 9. The number of carbonyl (C=O) groups excluding carboxylic acids is 4. The summed E-state index contributed by atoms with van der Waals surface area (Å²) in [7, 11) is -0.560.